The van der Waals surface area contributed by atoms with Crippen molar-refractivity contribution < 1.29 is 24.2 Å². The molecule has 2 amide bonds. The van der Waals surface area contributed by atoms with Crippen LogP contribution in [0.3, 0.4) is 0 Å². The van der Waals surface area contributed by atoms with Gasteiger partial charge < -0.3 is 20.5 Å². The number of carbonyl (C=O) groups is 3. The van der Waals surface area contributed by atoms with Crippen molar-refractivity contribution in [3.63, 3.8) is 0 Å². The minimum atomic E-state index is -1.04. The molecule has 3 N–H and O–H groups in total. The first-order valence-electron chi connectivity index (χ1n) is 9.27. The maximum atomic E-state index is 12.2. The number of aliphatic carboxylic acids is 1. The van der Waals surface area contributed by atoms with E-state index in [-0.39, 0.29) is 13.0 Å². The van der Waals surface area contributed by atoms with Crippen LogP contribution in [0, 0.1) is 0 Å². The third-order valence-electron chi connectivity index (χ3n) is 3.93. The van der Waals surface area contributed by atoms with Crippen LogP contribution in [-0.2, 0) is 14.3 Å². The first-order chi connectivity index (χ1) is 13.6. The third-order valence-corrected chi connectivity index (χ3v) is 3.93. The van der Waals surface area contributed by atoms with Crippen molar-refractivity contribution in [1.29, 1.82) is 0 Å². The molecule has 0 aromatic heterocycles. The van der Waals surface area contributed by atoms with E-state index in [4.69, 9.17) is 4.74 Å². The topological polar surface area (TPSA) is 105 Å². The molecule has 0 radical (unpaired) electrons. The highest BCUT2D eigenvalue weighted by Crippen LogP contribution is 2.23. The lowest BCUT2D eigenvalue weighted by molar-refractivity contribution is -0.137. The zero-order chi connectivity index (χ0) is 21.4. The third kappa shape index (κ3) is 7.65. The molecule has 1 unspecified atom stereocenters. The SMILES string of the molecule is CC(C)(C)OC(=O)NCC(=O)NC(CC(=O)O)c1ccc(-c2ccccc2)cc1. The predicted molar refractivity (Wildman–Crippen MR) is 109 cm³/mol. The van der Waals surface area contributed by atoms with Gasteiger partial charge in [-0.1, -0.05) is 54.6 Å². The van der Waals surface area contributed by atoms with Crippen LogP contribution in [-0.4, -0.2) is 35.2 Å². The fraction of sp³-hybridized carbons (Fsp3) is 0.318. The van der Waals surface area contributed by atoms with E-state index in [1.54, 1.807) is 32.9 Å². The highest BCUT2D eigenvalue weighted by molar-refractivity contribution is 5.83. The molecule has 29 heavy (non-hydrogen) atoms. The summed E-state index contributed by atoms with van der Waals surface area (Å²) in [5.41, 5.74) is 2.02. The summed E-state index contributed by atoms with van der Waals surface area (Å²) < 4.78 is 5.07. The van der Waals surface area contributed by atoms with Gasteiger partial charge >= 0.3 is 12.1 Å². The van der Waals surface area contributed by atoms with Gasteiger partial charge in [0.25, 0.3) is 0 Å². The van der Waals surface area contributed by atoms with Crippen LogP contribution >= 0.6 is 0 Å². The highest BCUT2D eigenvalue weighted by atomic mass is 16.6. The minimum Gasteiger partial charge on any atom is -0.481 e. The molecule has 0 bridgehead atoms. The van der Waals surface area contributed by atoms with Gasteiger partial charge in [0.2, 0.25) is 5.91 Å². The standard InChI is InChI=1S/C22H26N2O5/c1-22(2,3)29-21(28)23-14-19(25)24-18(13-20(26)27)17-11-9-16(10-12-17)15-7-5-4-6-8-15/h4-12,18H,13-14H2,1-3H3,(H,23,28)(H,24,25)(H,26,27). The first kappa shape index (κ1) is 21.9. The number of rotatable bonds is 7. The summed E-state index contributed by atoms with van der Waals surface area (Å²) in [6, 6.07) is 16.4. The van der Waals surface area contributed by atoms with Crippen LogP contribution in [0.2, 0.25) is 0 Å². The van der Waals surface area contributed by atoms with Gasteiger partial charge in [-0.2, -0.15) is 0 Å². The van der Waals surface area contributed by atoms with E-state index in [0.717, 1.165) is 11.1 Å². The van der Waals surface area contributed by atoms with Gasteiger partial charge in [-0.15, -0.1) is 0 Å². The Bertz CT molecular complexity index is 842. The highest BCUT2D eigenvalue weighted by Gasteiger charge is 2.20. The fourth-order valence-electron chi connectivity index (χ4n) is 2.68. The van der Waals surface area contributed by atoms with Crippen LogP contribution in [0.4, 0.5) is 4.79 Å². The van der Waals surface area contributed by atoms with Crippen molar-refractivity contribution >= 4 is 18.0 Å². The number of hydrogen-bond acceptors (Lipinski definition) is 4. The summed E-state index contributed by atoms with van der Waals surface area (Å²) in [6.45, 7) is 4.84. The van der Waals surface area contributed by atoms with Gasteiger partial charge in [0.05, 0.1) is 12.5 Å². The molecule has 0 aliphatic rings. The second-order valence-corrected chi connectivity index (χ2v) is 7.56. The second kappa shape index (κ2) is 9.73. The quantitative estimate of drug-likeness (QED) is 0.662. The molecule has 0 heterocycles. The Kier molecular flexibility index (Phi) is 7.36. The Labute approximate surface area is 170 Å². The number of hydrogen-bond donors (Lipinski definition) is 3. The van der Waals surface area contributed by atoms with E-state index in [9.17, 15) is 19.5 Å². The summed E-state index contributed by atoms with van der Waals surface area (Å²) >= 11 is 0. The maximum absolute atomic E-state index is 12.2. The molecule has 0 saturated heterocycles. The molecule has 7 nitrogen and oxygen atoms in total. The van der Waals surface area contributed by atoms with Gasteiger partial charge in [-0.05, 0) is 37.5 Å². The number of benzene rings is 2. The lowest BCUT2D eigenvalue weighted by atomic mass is 9.99. The normalized spacial score (nSPS) is 12.0. The van der Waals surface area contributed by atoms with Crippen LogP contribution in [0.1, 0.15) is 38.8 Å². The predicted octanol–water partition coefficient (Wildman–Crippen LogP) is 3.51. The van der Waals surface area contributed by atoms with Crippen molar-refractivity contribution in [3.8, 4) is 11.1 Å². The summed E-state index contributed by atoms with van der Waals surface area (Å²) in [6.07, 6.45) is -0.988. The summed E-state index contributed by atoms with van der Waals surface area (Å²) in [5.74, 6) is -1.54. The van der Waals surface area contributed by atoms with E-state index in [1.807, 2.05) is 42.5 Å². The molecule has 0 spiro atoms. The molecule has 2 rings (SSSR count). The van der Waals surface area contributed by atoms with Gasteiger partial charge in [-0.25, -0.2) is 4.79 Å². The molecule has 7 heteroatoms. The average Bonchev–Trinajstić information content (AvgIpc) is 2.65. The van der Waals surface area contributed by atoms with Gasteiger partial charge in [0, 0.05) is 0 Å². The molecule has 0 fully saturated rings. The average molecular weight is 398 g/mol. The van der Waals surface area contributed by atoms with Gasteiger partial charge in [-0.3, -0.25) is 9.59 Å². The molecule has 2 aromatic carbocycles. The molecular formula is C22H26N2O5. The van der Waals surface area contributed by atoms with Crippen LogP contribution in [0.15, 0.2) is 54.6 Å². The number of carboxylic acid groups (broad SMARTS) is 1. The lowest BCUT2D eigenvalue weighted by Gasteiger charge is -2.21. The molecule has 2 aromatic rings. The van der Waals surface area contributed by atoms with Crippen molar-refractivity contribution in [2.45, 2.75) is 38.8 Å². The Morgan fingerprint density at radius 2 is 1.55 bits per heavy atom. The molecule has 0 saturated carbocycles. The zero-order valence-corrected chi connectivity index (χ0v) is 16.8. The van der Waals surface area contributed by atoms with Gasteiger partial charge in [0.1, 0.15) is 12.1 Å². The largest absolute Gasteiger partial charge is 0.481 e. The second-order valence-electron chi connectivity index (χ2n) is 7.56. The Morgan fingerprint density at radius 3 is 2.10 bits per heavy atom. The van der Waals surface area contributed by atoms with Gasteiger partial charge in [0.15, 0.2) is 0 Å². The van der Waals surface area contributed by atoms with E-state index >= 15 is 0 Å². The molecule has 154 valence electrons. The summed E-state index contributed by atoms with van der Waals surface area (Å²) in [5, 5.41) is 14.2. The first-order valence-corrected chi connectivity index (χ1v) is 9.27. The van der Waals surface area contributed by atoms with Crippen molar-refractivity contribution in [1.82, 2.24) is 10.6 Å². The number of carboxylic acids is 1. The Hall–Kier alpha value is -3.35. The monoisotopic (exact) mass is 398 g/mol. The molecule has 0 aliphatic carbocycles. The van der Waals surface area contributed by atoms with E-state index in [2.05, 4.69) is 10.6 Å². The number of amides is 2. The lowest BCUT2D eigenvalue weighted by Crippen LogP contribution is -2.41. The molecular weight excluding hydrogens is 372 g/mol. The maximum Gasteiger partial charge on any atom is 0.408 e. The van der Waals surface area contributed by atoms with Crippen LogP contribution in [0.5, 0.6) is 0 Å². The minimum absolute atomic E-state index is 0.275. The number of nitrogens with one attached hydrogen (secondary N) is 2. The fourth-order valence-corrected chi connectivity index (χ4v) is 2.68. The molecule has 0 aliphatic heterocycles. The Morgan fingerprint density at radius 1 is 0.966 bits per heavy atom. The van der Waals surface area contributed by atoms with Crippen molar-refractivity contribution in [2.24, 2.45) is 0 Å². The Balaban J connectivity index is 2.02. The number of alkyl carbamates (subject to hydrolysis) is 1. The smallest absolute Gasteiger partial charge is 0.408 e. The zero-order valence-electron chi connectivity index (χ0n) is 16.8. The van der Waals surface area contributed by atoms with Crippen molar-refractivity contribution in [2.75, 3.05) is 6.54 Å². The number of carbonyl (C=O) groups excluding carboxylic acids is 2. The molecule has 1 atom stereocenters. The summed E-state index contributed by atoms with van der Waals surface area (Å²) in [4.78, 5) is 35.1. The van der Waals surface area contributed by atoms with E-state index in [1.165, 1.54) is 0 Å². The number of ether oxygens (including phenoxy) is 1. The van der Waals surface area contributed by atoms with Crippen LogP contribution in [0.25, 0.3) is 11.1 Å². The summed E-state index contributed by atoms with van der Waals surface area (Å²) in [7, 11) is 0. The van der Waals surface area contributed by atoms with Crippen molar-refractivity contribution in [3.05, 3.63) is 60.2 Å². The van der Waals surface area contributed by atoms with E-state index in [0.29, 0.717) is 5.56 Å². The van der Waals surface area contributed by atoms with E-state index < -0.39 is 29.6 Å². The van der Waals surface area contributed by atoms with Crippen LogP contribution < -0.4 is 10.6 Å².